The highest BCUT2D eigenvalue weighted by molar-refractivity contribution is 6.74. The third-order valence-electron chi connectivity index (χ3n) is 6.20. The minimum atomic E-state index is -5.19. The first-order valence-electron chi connectivity index (χ1n) is 10.9. The lowest BCUT2D eigenvalue weighted by Crippen LogP contribution is -2.47. The molecule has 1 aliphatic rings. The van der Waals surface area contributed by atoms with Gasteiger partial charge in [0, 0.05) is 6.42 Å². The lowest BCUT2D eigenvalue weighted by atomic mass is 10.2. The van der Waals surface area contributed by atoms with E-state index in [0.29, 0.717) is 0 Å². The van der Waals surface area contributed by atoms with E-state index in [1.165, 1.54) is 10.9 Å². The van der Waals surface area contributed by atoms with Crippen LogP contribution in [0.4, 0.5) is 32.2 Å². The second kappa shape index (κ2) is 9.83. The summed E-state index contributed by atoms with van der Waals surface area (Å²) in [7, 11) is -2.47. The molecule has 0 saturated carbocycles. The summed E-state index contributed by atoms with van der Waals surface area (Å²) in [6.07, 6.45) is -11.0. The van der Waals surface area contributed by atoms with Crippen LogP contribution in [-0.4, -0.2) is 70.9 Å². The number of amides is 1. The molecule has 1 N–H and O–H groups in total. The van der Waals surface area contributed by atoms with Crippen LogP contribution in [0.3, 0.4) is 0 Å². The predicted octanol–water partition coefficient (Wildman–Crippen LogP) is 4.11. The number of rotatable bonds is 6. The lowest BCUT2D eigenvalue weighted by Gasteiger charge is -2.39. The highest BCUT2D eigenvalue weighted by atomic mass is 28.4. The van der Waals surface area contributed by atoms with Gasteiger partial charge in [0.25, 0.3) is 0 Å². The summed E-state index contributed by atoms with van der Waals surface area (Å²) in [5, 5.41) is 1.36. The molecule has 2 aromatic heterocycles. The van der Waals surface area contributed by atoms with Crippen molar-refractivity contribution in [3.63, 3.8) is 0 Å². The maximum Gasteiger partial charge on any atom is 0.490 e. The number of carbonyl (C=O) groups is 2. The van der Waals surface area contributed by atoms with Crippen LogP contribution in [0.2, 0.25) is 18.1 Å². The summed E-state index contributed by atoms with van der Waals surface area (Å²) in [5.41, 5.74) is -0.172. The van der Waals surface area contributed by atoms with Gasteiger partial charge in [-0.1, -0.05) is 20.8 Å². The molecule has 1 amide bonds. The van der Waals surface area contributed by atoms with Crippen molar-refractivity contribution < 1.29 is 49.8 Å². The Bertz CT molecular complexity index is 1160. The van der Waals surface area contributed by atoms with Crippen LogP contribution in [0, 0.1) is 0 Å². The van der Waals surface area contributed by atoms with E-state index in [1.807, 2.05) is 33.9 Å². The summed E-state index contributed by atoms with van der Waals surface area (Å²) in [5.74, 6) is -5.13. The van der Waals surface area contributed by atoms with Gasteiger partial charge in [-0.25, -0.2) is 19.7 Å². The first-order valence-corrected chi connectivity index (χ1v) is 13.8. The summed E-state index contributed by atoms with van der Waals surface area (Å²) >= 11 is 0. The monoisotopic (exact) mass is 557 g/mol. The van der Waals surface area contributed by atoms with E-state index >= 15 is 0 Å². The van der Waals surface area contributed by atoms with Gasteiger partial charge in [-0.3, -0.25) is 9.36 Å². The maximum atomic E-state index is 12.7. The molecule has 206 valence electrons. The Hall–Kier alpha value is -2.79. The number of esters is 1. The smallest absolute Gasteiger partial charge is 0.456 e. The summed E-state index contributed by atoms with van der Waals surface area (Å²) in [4.78, 5) is 34.2. The number of nitrogens with one attached hydrogen (secondary N) is 1. The van der Waals surface area contributed by atoms with E-state index in [-0.39, 0.29) is 22.6 Å². The highest BCUT2D eigenvalue weighted by Gasteiger charge is 2.47. The number of hydrogen-bond acceptors (Lipinski definition) is 8. The fourth-order valence-electron chi connectivity index (χ4n) is 3.27. The Kier molecular flexibility index (Phi) is 7.64. The van der Waals surface area contributed by atoms with Crippen LogP contribution in [0.15, 0.2) is 12.7 Å². The third kappa shape index (κ3) is 6.38. The number of halogens is 6. The van der Waals surface area contributed by atoms with Gasteiger partial charge in [-0.2, -0.15) is 26.3 Å². The van der Waals surface area contributed by atoms with Crippen molar-refractivity contribution in [1.82, 2.24) is 19.5 Å². The fourth-order valence-corrected chi connectivity index (χ4v) is 4.63. The van der Waals surface area contributed by atoms with Gasteiger partial charge in [0.1, 0.15) is 25.3 Å². The minimum absolute atomic E-state index is 0.00325. The van der Waals surface area contributed by atoms with Crippen LogP contribution >= 0.6 is 0 Å². The van der Waals surface area contributed by atoms with E-state index in [9.17, 15) is 35.9 Å². The average Bonchev–Trinajstić information content (AvgIpc) is 3.34. The molecule has 3 rings (SSSR count). The molecule has 1 saturated heterocycles. The van der Waals surface area contributed by atoms with Gasteiger partial charge in [-0.15, -0.1) is 0 Å². The number of aromatic nitrogens is 4. The summed E-state index contributed by atoms with van der Waals surface area (Å²) < 4.78 is 94.0. The third-order valence-corrected chi connectivity index (χ3v) is 10.7. The number of carbonyl (C=O) groups excluding carboxylic acids is 2. The second-order valence-electron chi connectivity index (χ2n) is 9.88. The Morgan fingerprint density at radius 1 is 1.11 bits per heavy atom. The molecule has 2 aromatic rings. The van der Waals surface area contributed by atoms with Crippen LogP contribution in [-0.2, 0) is 23.5 Å². The molecular formula is C20H25F6N5O5Si. The second-order valence-corrected chi connectivity index (χ2v) is 14.6. The van der Waals surface area contributed by atoms with Crippen molar-refractivity contribution in [2.45, 2.75) is 76.1 Å². The quantitative estimate of drug-likeness (QED) is 0.321. The first-order chi connectivity index (χ1) is 16.8. The van der Waals surface area contributed by atoms with E-state index in [0.717, 1.165) is 6.33 Å². The van der Waals surface area contributed by atoms with Gasteiger partial charge in [-0.05, 0) is 18.1 Å². The molecular weight excluding hydrogens is 532 g/mol. The number of anilines is 1. The van der Waals surface area contributed by atoms with Crippen molar-refractivity contribution >= 4 is 37.2 Å². The highest BCUT2D eigenvalue weighted by Crippen LogP contribution is 2.42. The van der Waals surface area contributed by atoms with Crippen LogP contribution in [0.1, 0.15) is 33.4 Å². The zero-order valence-corrected chi connectivity index (χ0v) is 21.4. The predicted molar refractivity (Wildman–Crippen MR) is 118 cm³/mol. The van der Waals surface area contributed by atoms with E-state index < -0.39 is 63.4 Å². The van der Waals surface area contributed by atoms with Gasteiger partial charge in [0.15, 0.2) is 25.3 Å². The van der Waals surface area contributed by atoms with Crippen molar-refractivity contribution in [1.29, 1.82) is 0 Å². The SMILES string of the molecule is CC(C)(C)[Si](C)(C)OC1C[C@@H](n2cnc3c(NC(=O)C(F)(F)F)ncnc32)O[C@H]1COC(=O)C(F)(F)F. The number of ether oxygens (including phenoxy) is 2. The number of imidazole rings is 1. The Labute approximate surface area is 207 Å². The number of hydrogen-bond donors (Lipinski definition) is 1. The standard InChI is InChI=1S/C20H25F6N5O5Si/c1-18(2,3)37(4,5)36-10-6-12(35-11(10)7-34-17(33)20(24,25)26)31-9-29-13-14(27-8-28-15(13)31)30-16(32)19(21,22)23/h8-12H,6-7H2,1-5H3,(H,27,28,30,32)/t10?,11-,12-/m0/s1. The van der Waals surface area contributed by atoms with Crippen LogP contribution in [0.25, 0.3) is 11.2 Å². The molecule has 0 bridgehead atoms. The maximum absolute atomic E-state index is 12.7. The zero-order chi connectivity index (χ0) is 28.0. The van der Waals surface area contributed by atoms with Crippen LogP contribution < -0.4 is 5.32 Å². The molecule has 3 heterocycles. The van der Waals surface area contributed by atoms with E-state index in [1.54, 1.807) is 5.32 Å². The van der Waals surface area contributed by atoms with Crippen molar-refractivity contribution in [3.8, 4) is 0 Å². The molecule has 1 aliphatic heterocycles. The lowest BCUT2D eigenvalue weighted by molar-refractivity contribution is -0.203. The first kappa shape index (κ1) is 28.8. The molecule has 1 fully saturated rings. The topological polar surface area (TPSA) is 117 Å². The average molecular weight is 558 g/mol. The Morgan fingerprint density at radius 3 is 2.32 bits per heavy atom. The molecule has 0 radical (unpaired) electrons. The molecule has 10 nitrogen and oxygen atoms in total. The minimum Gasteiger partial charge on any atom is -0.456 e. The van der Waals surface area contributed by atoms with Crippen molar-refractivity contribution in [2.24, 2.45) is 0 Å². The molecule has 1 unspecified atom stereocenters. The molecule has 0 spiro atoms. The summed E-state index contributed by atoms with van der Waals surface area (Å²) in [6.45, 7) is 8.98. The van der Waals surface area contributed by atoms with Gasteiger partial charge in [0.05, 0.1) is 12.4 Å². The molecule has 37 heavy (non-hydrogen) atoms. The van der Waals surface area contributed by atoms with Crippen LogP contribution in [0.5, 0.6) is 0 Å². The molecule has 17 heteroatoms. The van der Waals surface area contributed by atoms with Crippen molar-refractivity contribution in [2.75, 3.05) is 11.9 Å². The number of alkyl halides is 6. The molecule has 3 atom stereocenters. The zero-order valence-electron chi connectivity index (χ0n) is 20.4. The van der Waals surface area contributed by atoms with Gasteiger partial charge >= 0.3 is 24.2 Å². The Morgan fingerprint density at radius 2 is 1.76 bits per heavy atom. The number of nitrogens with zero attached hydrogens (tertiary/aromatic N) is 4. The van der Waals surface area contributed by atoms with E-state index in [2.05, 4.69) is 19.7 Å². The van der Waals surface area contributed by atoms with Gasteiger partial charge < -0.3 is 19.2 Å². The molecule has 0 aromatic carbocycles. The normalized spacial score (nSPS) is 21.3. The van der Waals surface area contributed by atoms with Gasteiger partial charge in [0.2, 0.25) is 0 Å². The Balaban J connectivity index is 1.89. The molecule has 0 aliphatic carbocycles. The number of fused-ring (bicyclic) bond motifs is 1. The van der Waals surface area contributed by atoms with E-state index in [4.69, 9.17) is 9.16 Å². The fraction of sp³-hybridized carbons (Fsp3) is 0.650. The van der Waals surface area contributed by atoms with Crippen molar-refractivity contribution in [3.05, 3.63) is 12.7 Å². The summed E-state index contributed by atoms with van der Waals surface area (Å²) in [6, 6.07) is 0. The largest absolute Gasteiger partial charge is 0.490 e.